The molecule has 0 radical (unpaired) electrons. The molecule has 2 aromatic rings. The quantitative estimate of drug-likeness (QED) is 0.231. The Balaban J connectivity index is 1.60. The fraction of sp³-hybridized carbons (Fsp3) is 0.683. The highest BCUT2D eigenvalue weighted by Crippen LogP contribution is 2.41. The summed E-state index contributed by atoms with van der Waals surface area (Å²) in [5.74, 6) is -5.92. The molecule has 1 aromatic heterocycles. The number of benzene rings is 1. The molecule has 3 fully saturated rings. The maximum Gasteiger partial charge on any atom is 0.408 e. The van der Waals surface area contributed by atoms with Crippen LogP contribution in [-0.4, -0.2) is 124 Å². The number of esters is 1. The Morgan fingerprint density at radius 3 is 2.48 bits per heavy atom. The zero-order chi connectivity index (χ0) is 41.3. The van der Waals surface area contributed by atoms with Gasteiger partial charge in [0.25, 0.3) is 5.67 Å². The number of carbonyl (C=O) groups is 4. The molecule has 0 spiro atoms. The second-order valence-corrected chi connectivity index (χ2v) is 16.6. The third kappa shape index (κ3) is 8.57. The van der Waals surface area contributed by atoms with E-state index in [1.165, 1.54) is 6.92 Å². The topological polar surface area (TPSA) is 179 Å². The number of aromatic amines is 1. The number of rotatable bonds is 9. The number of nitrogens with one attached hydrogen (secondary N) is 2. The Kier molecular flexibility index (Phi) is 13.2. The summed E-state index contributed by atoms with van der Waals surface area (Å²) in [7, 11) is 3.64. The van der Waals surface area contributed by atoms with Gasteiger partial charge in [-0.1, -0.05) is 58.4 Å². The first-order chi connectivity index (χ1) is 26.2. The molecule has 56 heavy (non-hydrogen) atoms. The van der Waals surface area contributed by atoms with Crippen LogP contribution >= 0.6 is 0 Å². The van der Waals surface area contributed by atoms with Crippen molar-refractivity contribution in [3.8, 4) is 0 Å². The van der Waals surface area contributed by atoms with E-state index in [2.05, 4.69) is 15.3 Å². The van der Waals surface area contributed by atoms with E-state index in [4.69, 9.17) is 23.7 Å². The first kappa shape index (κ1) is 43.4. The fourth-order valence-corrected chi connectivity index (χ4v) is 8.79. The molecule has 4 heterocycles. The van der Waals surface area contributed by atoms with Crippen LogP contribution in [0.2, 0.25) is 0 Å². The number of aliphatic hydroxyl groups excluding tert-OH is 1. The van der Waals surface area contributed by atoms with Crippen LogP contribution < -0.4 is 5.32 Å². The van der Waals surface area contributed by atoms with Gasteiger partial charge in [0.1, 0.15) is 18.0 Å². The number of ketones is 2. The first-order valence-corrected chi connectivity index (χ1v) is 19.6. The van der Waals surface area contributed by atoms with Crippen molar-refractivity contribution < 1.29 is 52.4 Å². The summed E-state index contributed by atoms with van der Waals surface area (Å²) in [6.07, 6.45) is 0.0512. The highest BCUT2D eigenvalue weighted by Gasteiger charge is 2.59. The van der Waals surface area contributed by atoms with Gasteiger partial charge in [-0.05, 0) is 67.1 Å². The van der Waals surface area contributed by atoms with Gasteiger partial charge >= 0.3 is 12.1 Å². The minimum atomic E-state index is -3.19. The van der Waals surface area contributed by atoms with E-state index >= 15 is 4.39 Å². The molecule has 3 aliphatic heterocycles. The lowest BCUT2D eigenvalue weighted by Gasteiger charge is -2.47. The predicted octanol–water partition coefficient (Wildman–Crippen LogP) is 4.92. The zero-order valence-corrected chi connectivity index (χ0v) is 34.2. The number of hydrogen-bond donors (Lipinski definition) is 3. The molecule has 0 aliphatic carbocycles. The highest BCUT2D eigenvalue weighted by molar-refractivity contribution is 6.08. The molecule has 0 unspecified atom stereocenters. The Hall–Kier alpha value is -3.76. The van der Waals surface area contributed by atoms with Gasteiger partial charge in [-0.15, -0.1) is 0 Å². The van der Waals surface area contributed by atoms with Gasteiger partial charge in [0.05, 0.1) is 47.8 Å². The van der Waals surface area contributed by atoms with E-state index in [0.29, 0.717) is 12.8 Å². The largest absolute Gasteiger partial charge is 0.455 e. The lowest BCUT2D eigenvalue weighted by atomic mass is 9.73. The third-order valence-corrected chi connectivity index (χ3v) is 11.9. The van der Waals surface area contributed by atoms with Crippen LogP contribution in [0.4, 0.5) is 9.18 Å². The van der Waals surface area contributed by atoms with E-state index in [0.717, 1.165) is 23.5 Å². The molecule has 0 saturated carbocycles. The lowest BCUT2D eigenvalue weighted by molar-refractivity contribution is -0.297. The van der Waals surface area contributed by atoms with Crippen molar-refractivity contribution in [3.05, 3.63) is 36.2 Å². The molecular weight excluding hydrogens is 727 g/mol. The number of aromatic nitrogens is 2. The van der Waals surface area contributed by atoms with Crippen molar-refractivity contribution in [2.75, 3.05) is 20.7 Å². The number of para-hydroxylation sites is 1. The number of cyclic esters (lactones) is 1. The molecule has 1 amide bonds. The third-order valence-electron chi connectivity index (χ3n) is 11.9. The van der Waals surface area contributed by atoms with Crippen LogP contribution in [-0.2, 0) is 38.1 Å². The second-order valence-electron chi connectivity index (χ2n) is 16.6. The highest BCUT2D eigenvalue weighted by atomic mass is 19.1. The number of alkyl carbamates (subject to hydrolysis) is 1. The molecule has 13 atom stereocenters. The molecule has 310 valence electrons. The molecule has 0 bridgehead atoms. The van der Waals surface area contributed by atoms with Gasteiger partial charge in [-0.2, -0.15) is 0 Å². The number of aliphatic hydroxyl groups is 1. The molecule has 5 rings (SSSR count). The number of likely N-dealkylation sites (N-methyl/N-ethyl adjacent to an activating group) is 1. The molecule has 3 saturated heterocycles. The minimum Gasteiger partial charge on any atom is -0.455 e. The Labute approximate surface area is 328 Å². The maximum absolute atomic E-state index is 17.0. The summed E-state index contributed by atoms with van der Waals surface area (Å²) in [6.45, 7) is 12.5. The molecule has 1 aromatic carbocycles. The number of alkyl halides is 1. The van der Waals surface area contributed by atoms with Crippen LogP contribution in [0, 0.1) is 17.8 Å². The number of ether oxygens (including phenoxy) is 5. The number of amides is 1. The molecule has 15 heteroatoms. The number of imidazole rings is 1. The summed E-state index contributed by atoms with van der Waals surface area (Å²) < 4.78 is 47.9. The number of Topliss-reactive ketones (excluding diaryl/α,β-unsaturated/α-hetero) is 2. The maximum atomic E-state index is 17.0. The monoisotopic (exact) mass is 786 g/mol. The van der Waals surface area contributed by atoms with Crippen molar-refractivity contribution >= 4 is 40.7 Å². The normalized spacial score (nSPS) is 39.0. The average molecular weight is 787 g/mol. The smallest absolute Gasteiger partial charge is 0.408 e. The van der Waals surface area contributed by atoms with Crippen molar-refractivity contribution in [2.45, 2.75) is 141 Å². The van der Waals surface area contributed by atoms with Crippen LogP contribution in [0.25, 0.3) is 17.1 Å². The van der Waals surface area contributed by atoms with Crippen LogP contribution in [0.3, 0.4) is 0 Å². The molecule has 3 aliphatic rings. The van der Waals surface area contributed by atoms with E-state index in [1.807, 2.05) is 57.1 Å². The van der Waals surface area contributed by atoms with Gasteiger partial charge < -0.3 is 44.0 Å². The van der Waals surface area contributed by atoms with Gasteiger partial charge in [0, 0.05) is 29.4 Å². The van der Waals surface area contributed by atoms with Gasteiger partial charge in [-0.25, -0.2) is 19.0 Å². The number of halogens is 1. The summed E-state index contributed by atoms with van der Waals surface area (Å²) in [4.78, 5) is 64.9. The molecule has 3 N–H and O–H groups in total. The molecular formula is C41H59FN4O10. The SMILES string of the molecule is CCC[C@H]1OC(=O)[C@@](C)(F)C(=O)[C@H](C)[C@@H](O[C@@H]2O[C@H](C)C[C@H](N(C)C)[C@H]2O)[C@](C)(OC/C=C/c2cccc3[nH]cnc23)C[C@@H](C)C(=O)[C@H](C)[C@@H]2NC(=O)O[C@]12C. The van der Waals surface area contributed by atoms with Crippen LogP contribution in [0.5, 0.6) is 0 Å². The van der Waals surface area contributed by atoms with Crippen molar-refractivity contribution in [3.63, 3.8) is 0 Å². The Morgan fingerprint density at radius 2 is 1.80 bits per heavy atom. The van der Waals surface area contributed by atoms with Crippen molar-refractivity contribution in [2.24, 2.45) is 17.8 Å². The number of hydrogen-bond acceptors (Lipinski definition) is 12. The van der Waals surface area contributed by atoms with E-state index in [-0.39, 0.29) is 37.4 Å². The summed E-state index contributed by atoms with van der Waals surface area (Å²) in [5.41, 5.74) is -3.89. The zero-order valence-electron chi connectivity index (χ0n) is 34.2. The van der Waals surface area contributed by atoms with Gasteiger partial charge in [-0.3, -0.25) is 9.59 Å². The minimum absolute atomic E-state index is 0.0409. The Morgan fingerprint density at radius 1 is 1.09 bits per heavy atom. The van der Waals surface area contributed by atoms with E-state index in [1.54, 1.807) is 40.1 Å². The lowest BCUT2D eigenvalue weighted by Crippen LogP contribution is -2.61. The van der Waals surface area contributed by atoms with Gasteiger partial charge in [0.2, 0.25) is 0 Å². The summed E-state index contributed by atoms with van der Waals surface area (Å²) in [5, 5.41) is 14.3. The summed E-state index contributed by atoms with van der Waals surface area (Å²) in [6, 6.07) is 4.34. The van der Waals surface area contributed by atoms with Gasteiger partial charge in [0.15, 0.2) is 17.7 Å². The average Bonchev–Trinajstić information content (AvgIpc) is 3.75. The predicted molar refractivity (Wildman–Crippen MR) is 205 cm³/mol. The van der Waals surface area contributed by atoms with Crippen molar-refractivity contribution in [1.29, 1.82) is 0 Å². The first-order valence-electron chi connectivity index (χ1n) is 19.6. The fourth-order valence-electron chi connectivity index (χ4n) is 8.79. The second kappa shape index (κ2) is 17.0. The number of carbonyl (C=O) groups excluding carboxylic acids is 4. The van der Waals surface area contributed by atoms with Crippen LogP contribution in [0.1, 0.15) is 86.6 Å². The Bertz CT molecular complexity index is 1780. The van der Waals surface area contributed by atoms with Crippen LogP contribution in [0.15, 0.2) is 30.6 Å². The van der Waals surface area contributed by atoms with E-state index in [9.17, 15) is 24.3 Å². The summed E-state index contributed by atoms with van der Waals surface area (Å²) >= 11 is 0. The standard InChI is InChI=1S/C41H59FN4O10/c1-11-14-29-41(8)33(45-38(51)56-41)24(4)31(47)22(2)20-39(6,52-18-13-16-26-15-12-17-27-30(26)44-21-43-27)35(25(5)34(49)40(7,42)37(50)54-29)55-36-32(48)28(46(9)10)19-23(3)53-36/h12-13,15-17,21-25,28-29,32-33,35-36,48H,11,14,18-20H2,1-10H3,(H,43,44)(H,45,51)/b16-13+/t22-,23-,24+,25+,28+,29-,32-,33+,35-,36+,39-,40+,41-/m1/s1. The number of fused-ring (bicyclic) bond motifs is 2. The number of nitrogens with zero attached hydrogens (tertiary/aromatic N) is 2. The van der Waals surface area contributed by atoms with Crippen molar-refractivity contribution in [1.82, 2.24) is 20.2 Å². The number of H-pyrrole nitrogens is 1. The van der Waals surface area contributed by atoms with E-state index < -0.39 is 83.1 Å². The molecule has 14 nitrogen and oxygen atoms in total.